The van der Waals surface area contributed by atoms with Gasteiger partial charge in [-0.3, -0.25) is 9.59 Å². The molecule has 3 rings (SSSR count). The lowest BCUT2D eigenvalue weighted by atomic mass is 10.2. The number of aryl methyl sites for hydroxylation is 1. The molecule has 1 atom stereocenters. The minimum atomic E-state index is -3.89. The van der Waals surface area contributed by atoms with Crippen molar-refractivity contribution < 1.29 is 22.4 Å². The van der Waals surface area contributed by atoms with Crippen molar-refractivity contribution in [2.45, 2.75) is 24.3 Å². The number of carbonyl (C=O) groups excluding carboxylic acids is 2. The van der Waals surface area contributed by atoms with E-state index < -0.39 is 22.0 Å². The van der Waals surface area contributed by atoms with E-state index in [-0.39, 0.29) is 28.6 Å². The first-order chi connectivity index (χ1) is 13.2. The average Bonchev–Trinajstić information content (AvgIpc) is 2.95. The second-order valence-electron chi connectivity index (χ2n) is 6.74. The van der Waals surface area contributed by atoms with Crippen molar-refractivity contribution in [2.24, 2.45) is 0 Å². The van der Waals surface area contributed by atoms with Gasteiger partial charge < -0.3 is 10.2 Å². The second-order valence-corrected chi connectivity index (χ2v) is 8.46. The summed E-state index contributed by atoms with van der Waals surface area (Å²) in [5.74, 6) is -1.03. The number of likely N-dealkylation sites (N-methyl/N-ethyl adjacent to an activating group) is 1. The van der Waals surface area contributed by atoms with Crippen LogP contribution in [0.15, 0.2) is 47.4 Å². The van der Waals surface area contributed by atoms with Crippen LogP contribution in [0.1, 0.15) is 22.3 Å². The number of benzene rings is 2. The first-order valence-electron chi connectivity index (χ1n) is 8.59. The first kappa shape index (κ1) is 20.0. The molecule has 0 aromatic heterocycles. The van der Waals surface area contributed by atoms with Crippen LogP contribution in [0.3, 0.4) is 0 Å². The zero-order valence-electron chi connectivity index (χ0n) is 15.4. The van der Waals surface area contributed by atoms with Crippen LogP contribution in [0.2, 0.25) is 0 Å². The maximum Gasteiger partial charge on any atom is 0.255 e. The van der Waals surface area contributed by atoms with Gasteiger partial charge in [0.1, 0.15) is 5.82 Å². The van der Waals surface area contributed by atoms with Gasteiger partial charge in [-0.2, -0.15) is 0 Å². The number of nitrogens with one attached hydrogen (secondary N) is 2. The fourth-order valence-electron chi connectivity index (χ4n) is 2.96. The third kappa shape index (κ3) is 4.37. The molecule has 7 nitrogen and oxygen atoms in total. The summed E-state index contributed by atoms with van der Waals surface area (Å²) in [4.78, 5) is 25.4. The van der Waals surface area contributed by atoms with E-state index in [0.717, 1.165) is 0 Å². The third-order valence-electron chi connectivity index (χ3n) is 4.49. The summed E-state index contributed by atoms with van der Waals surface area (Å²) in [5, 5.41) is 2.62. The molecule has 28 heavy (non-hydrogen) atoms. The molecular weight excluding hydrogens is 385 g/mol. The molecule has 1 aliphatic rings. The molecule has 1 saturated heterocycles. The molecule has 2 aromatic carbocycles. The van der Waals surface area contributed by atoms with Crippen LogP contribution < -0.4 is 10.0 Å². The molecule has 0 radical (unpaired) electrons. The molecule has 0 aliphatic carbocycles. The Morgan fingerprint density at radius 1 is 1.21 bits per heavy atom. The topological polar surface area (TPSA) is 95.6 Å². The lowest BCUT2D eigenvalue weighted by Gasteiger charge is -2.13. The molecule has 148 valence electrons. The van der Waals surface area contributed by atoms with E-state index in [2.05, 4.69) is 10.0 Å². The number of hydrogen-bond donors (Lipinski definition) is 2. The Morgan fingerprint density at radius 2 is 1.96 bits per heavy atom. The second kappa shape index (κ2) is 7.69. The minimum Gasteiger partial charge on any atom is -0.344 e. The SMILES string of the molecule is Cc1cc(NC(=O)c2cccc(S(=O)(=O)NC3CC(=O)N(C)C3)c2)ccc1F. The van der Waals surface area contributed by atoms with Gasteiger partial charge in [-0.15, -0.1) is 0 Å². The van der Waals surface area contributed by atoms with Crippen LogP contribution in [-0.2, 0) is 14.8 Å². The Kier molecular flexibility index (Phi) is 5.48. The fraction of sp³-hybridized carbons (Fsp3) is 0.263. The highest BCUT2D eigenvalue weighted by atomic mass is 32.2. The average molecular weight is 405 g/mol. The van der Waals surface area contributed by atoms with Crippen LogP contribution in [-0.4, -0.2) is 44.8 Å². The number of rotatable bonds is 5. The quantitative estimate of drug-likeness (QED) is 0.794. The van der Waals surface area contributed by atoms with Crippen molar-refractivity contribution >= 4 is 27.5 Å². The smallest absolute Gasteiger partial charge is 0.255 e. The highest BCUT2D eigenvalue weighted by Gasteiger charge is 2.30. The maximum atomic E-state index is 13.3. The summed E-state index contributed by atoms with van der Waals surface area (Å²) in [6.07, 6.45) is 0.0970. The van der Waals surface area contributed by atoms with Gasteiger partial charge in [0.25, 0.3) is 5.91 Å². The highest BCUT2D eigenvalue weighted by molar-refractivity contribution is 7.89. The number of carbonyl (C=O) groups is 2. The van der Waals surface area contributed by atoms with Gasteiger partial charge in [0.2, 0.25) is 15.9 Å². The van der Waals surface area contributed by atoms with Gasteiger partial charge in [-0.1, -0.05) is 6.07 Å². The summed E-state index contributed by atoms with van der Waals surface area (Å²) >= 11 is 0. The lowest BCUT2D eigenvalue weighted by Crippen LogP contribution is -2.36. The first-order valence-corrected chi connectivity index (χ1v) is 10.1. The largest absolute Gasteiger partial charge is 0.344 e. The molecule has 2 N–H and O–H groups in total. The van der Waals surface area contributed by atoms with Gasteiger partial charge in [0.15, 0.2) is 0 Å². The molecule has 0 spiro atoms. The van der Waals surface area contributed by atoms with Crippen molar-refractivity contribution in [1.82, 2.24) is 9.62 Å². The summed E-state index contributed by atoms with van der Waals surface area (Å²) in [5.41, 5.74) is 0.932. The van der Waals surface area contributed by atoms with Crippen molar-refractivity contribution in [2.75, 3.05) is 18.9 Å². The van der Waals surface area contributed by atoms with Crippen LogP contribution >= 0.6 is 0 Å². The Morgan fingerprint density at radius 3 is 2.61 bits per heavy atom. The zero-order valence-corrected chi connectivity index (χ0v) is 16.2. The monoisotopic (exact) mass is 405 g/mol. The van der Waals surface area contributed by atoms with Gasteiger partial charge in [0, 0.05) is 37.3 Å². The van der Waals surface area contributed by atoms with Gasteiger partial charge in [0.05, 0.1) is 4.90 Å². The molecule has 2 aromatic rings. The zero-order chi connectivity index (χ0) is 20.5. The maximum absolute atomic E-state index is 13.3. The van der Waals surface area contributed by atoms with Gasteiger partial charge in [-0.25, -0.2) is 17.5 Å². The van der Waals surface area contributed by atoms with Gasteiger partial charge >= 0.3 is 0 Å². The summed E-state index contributed by atoms with van der Waals surface area (Å²) < 4.78 is 41.1. The van der Waals surface area contributed by atoms with Crippen molar-refractivity contribution in [1.29, 1.82) is 0 Å². The Bertz CT molecular complexity index is 1040. The molecule has 1 unspecified atom stereocenters. The molecule has 1 heterocycles. The molecule has 1 fully saturated rings. The van der Waals surface area contributed by atoms with Crippen LogP contribution in [0.4, 0.5) is 10.1 Å². The Balaban J connectivity index is 1.76. The number of nitrogens with zero attached hydrogens (tertiary/aromatic N) is 1. The minimum absolute atomic E-state index is 0.0718. The van der Waals surface area contributed by atoms with Crippen molar-refractivity contribution in [3.8, 4) is 0 Å². The lowest BCUT2D eigenvalue weighted by molar-refractivity contribution is -0.126. The highest BCUT2D eigenvalue weighted by Crippen LogP contribution is 2.18. The predicted molar refractivity (Wildman–Crippen MR) is 102 cm³/mol. The number of halogens is 1. The predicted octanol–water partition coefficient (Wildman–Crippen LogP) is 1.90. The third-order valence-corrected chi connectivity index (χ3v) is 6.00. The number of amides is 2. The normalized spacial score (nSPS) is 17.0. The van der Waals surface area contributed by atoms with E-state index in [4.69, 9.17) is 0 Å². The van der Waals surface area contributed by atoms with E-state index in [1.165, 1.54) is 47.4 Å². The number of anilines is 1. The van der Waals surface area contributed by atoms with E-state index in [1.807, 2.05) is 0 Å². The van der Waals surface area contributed by atoms with E-state index in [1.54, 1.807) is 14.0 Å². The molecule has 2 amide bonds. The molecule has 0 saturated carbocycles. The summed E-state index contributed by atoms with van der Waals surface area (Å²) in [7, 11) is -2.28. The summed E-state index contributed by atoms with van der Waals surface area (Å²) in [6, 6.07) is 9.23. The molecule has 0 bridgehead atoms. The van der Waals surface area contributed by atoms with Crippen LogP contribution in [0.5, 0.6) is 0 Å². The van der Waals surface area contributed by atoms with Crippen molar-refractivity contribution in [3.63, 3.8) is 0 Å². The van der Waals surface area contributed by atoms with E-state index in [0.29, 0.717) is 17.8 Å². The van der Waals surface area contributed by atoms with E-state index in [9.17, 15) is 22.4 Å². The number of sulfonamides is 1. The van der Waals surface area contributed by atoms with Gasteiger partial charge in [-0.05, 0) is 48.9 Å². The van der Waals surface area contributed by atoms with Crippen LogP contribution in [0.25, 0.3) is 0 Å². The van der Waals surface area contributed by atoms with E-state index >= 15 is 0 Å². The Labute approximate surface area is 162 Å². The van der Waals surface area contributed by atoms with Crippen LogP contribution in [0, 0.1) is 12.7 Å². The summed E-state index contributed by atoms with van der Waals surface area (Å²) in [6.45, 7) is 1.87. The number of likely N-dealkylation sites (tertiary alicyclic amines) is 1. The van der Waals surface area contributed by atoms with Crippen molar-refractivity contribution in [3.05, 3.63) is 59.4 Å². The number of hydrogen-bond acceptors (Lipinski definition) is 4. The molecule has 1 aliphatic heterocycles. The Hall–Kier alpha value is -2.78. The fourth-order valence-corrected chi connectivity index (χ4v) is 4.23. The molecular formula is C19H20FN3O4S. The molecule has 9 heteroatoms. The standard InChI is InChI=1S/C19H20FN3O4S/c1-12-8-14(6-7-17(12)20)21-19(25)13-4-3-5-16(9-13)28(26,27)22-15-10-18(24)23(2)11-15/h3-9,15,22H,10-11H2,1-2H3,(H,21,25).